The molecule has 0 atom stereocenters. The molecule has 3 rings (SSSR count). The molecule has 0 unspecified atom stereocenters. The van der Waals surface area contributed by atoms with Gasteiger partial charge in [0, 0.05) is 17.1 Å². The minimum Gasteiger partial charge on any atom is -0.506 e. The summed E-state index contributed by atoms with van der Waals surface area (Å²) in [5, 5.41) is 18.5. The largest absolute Gasteiger partial charge is 0.506 e. The van der Waals surface area contributed by atoms with Gasteiger partial charge in [-0.3, -0.25) is 0 Å². The third-order valence-corrected chi connectivity index (χ3v) is 5.64. The predicted molar refractivity (Wildman–Crippen MR) is 109 cm³/mol. The van der Waals surface area contributed by atoms with Gasteiger partial charge in [0.2, 0.25) is 4.80 Å². The van der Waals surface area contributed by atoms with Crippen molar-refractivity contribution in [1.82, 2.24) is 4.57 Å². The van der Waals surface area contributed by atoms with E-state index in [4.69, 9.17) is 4.74 Å². The summed E-state index contributed by atoms with van der Waals surface area (Å²) in [5.41, 5.74) is 1.64. The zero-order valence-electron chi connectivity index (χ0n) is 13.5. The lowest BCUT2D eigenvalue weighted by Gasteiger charge is -2.02. The van der Waals surface area contributed by atoms with Gasteiger partial charge >= 0.3 is 0 Å². The van der Waals surface area contributed by atoms with E-state index in [2.05, 4.69) is 42.1 Å². The van der Waals surface area contributed by atoms with Crippen molar-refractivity contribution >= 4 is 59.6 Å². The number of thiazole rings is 1. The number of ether oxygens (including phenoxy) is 1. The number of fused-ring (bicyclic) bond motifs is 1. The number of benzene rings is 2. The quantitative estimate of drug-likeness (QED) is 0.427. The molecule has 25 heavy (non-hydrogen) atoms. The van der Waals surface area contributed by atoms with Crippen LogP contribution in [0.2, 0.25) is 0 Å². The van der Waals surface area contributed by atoms with Crippen LogP contribution in [0.1, 0.15) is 12.5 Å². The van der Waals surface area contributed by atoms with E-state index in [1.807, 2.05) is 36.7 Å². The molecule has 5 nitrogen and oxygen atoms in total. The summed E-state index contributed by atoms with van der Waals surface area (Å²) in [7, 11) is 1.95. The molecule has 0 amide bonds. The van der Waals surface area contributed by atoms with Crippen LogP contribution in [0, 0.1) is 0 Å². The fraction of sp³-hybridized carbons (Fsp3) is 0.176. The molecule has 0 aliphatic heterocycles. The Labute approximate surface area is 165 Å². The first-order valence-electron chi connectivity index (χ1n) is 7.47. The Kier molecular flexibility index (Phi) is 5.61. The van der Waals surface area contributed by atoms with Crippen molar-refractivity contribution in [2.75, 3.05) is 6.61 Å². The SMILES string of the molecule is CCOc1ccc2c(c1)sc(=N/N=C/c1cc(Br)cc(Br)c1O)n2C. The maximum Gasteiger partial charge on any atom is 0.211 e. The second-order valence-electron chi connectivity index (χ2n) is 5.18. The molecule has 130 valence electrons. The zero-order chi connectivity index (χ0) is 18.0. The van der Waals surface area contributed by atoms with E-state index in [1.54, 1.807) is 12.1 Å². The van der Waals surface area contributed by atoms with E-state index in [1.165, 1.54) is 17.6 Å². The molecular formula is C17H15Br2N3O2S. The van der Waals surface area contributed by atoms with Gasteiger partial charge in [0.05, 0.1) is 27.5 Å². The molecule has 0 radical (unpaired) electrons. The topological polar surface area (TPSA) is 59.1 Å². The monoisotopic (exact) mass is 483 g/mol. The maximum atomic E-state index is 10.1. The average molecular weight is 485 g/mol. The minimum absolute atomic E-state index is 0.129. The Hall–Kier alpha value is -1.64. The van der Waals surface area contributed by atoms with Crippen molar-refractivity contribution in [1.29, 1.82) is 0 Å². The highest BCUT2D eigenvalue weighted by atomic mass is 79.9. The van der Waals surface area contributed by atoms with Crippen molar-refractivity contribution in [3.63, 3.8) is 0 Å². The Balaban J connectivity index is 1.97. The van der Waals surface area contributed by atoms with Gasteiger partial charge in [-0.1, -0.05) is 27.3 Å². The average Bonchev–Trinajstić information content (AvgIpc) is 2.88. The Morgan fingerprint density at radius 2 is 2.08 bits per heavy atom. The van der Waals surface area contributed by atoms with Gasteiger partial charge in [0.25, 0.3) is 0 Å². The first kappa shape index (κ1) is 18.2. The summed E-state index contributed by atoms with van der Waals surface area (Å²) in [4.78, 5) is 0.758. The van der Waals surface area contributed by atoms with Gasteiger partial charge in [0.15, 0.2) is 0 Å². The van der Waals surface area contributed by atoms with E-state index in [0.717, 1.165) is 25.2 Å². The highest BCUT2D eigenvalue weighted by Gasteiger charge is 2.06. The summed E-state index contributed by atoms with van der Waals surface area (Å²) < 4.78 is 10.0. The molecule has 0 saturated carbocycles. The lowest BCUT2D eigenvalue weighted by molar-refractivity contribution is 0.341. The normalized spacial score (nSPS) is 12.4. The fourth-order valence-corrected chi connectivity index (χ4v) is 4.55. The second-order valence-corrected chi connectivity index (χ2v) is 7.96. The standard InChI is InChI=1S/C17H15Br2N3O2S/c1-3-24-12-4-5-14-15(8-12)25-17(22(14)2)21-20-9-10-6-11(18)7-13(19)16(10)23/h4-9,23H,3H2,1-2H3/b20-9+,21-17?. The molecule has 3 aromatic rings. The van der Waals surface area contributed by atoms with Crippen molar-refractivity contribution in [3.8, 4) is 11.5 Å². The van der Waals surface area contributed by atoms with Crippen LogP contribution in [0.3, 0.4) is 0 Å². The number of nitrogens with zero attached hydrogens (tertiary/aromatic N) is 3. The molecule has 0 spiro atoms. The lowest BCUT2D eigenvalue weighted by Crippen LogP contribution is -2.08. The Bertz CT molecular complexity index is 1020. The molecule has 1 heterocycles. The van der Waals surface area contributed by atoms with Gasteiger partial charge in [-0.25, -0.2) is 0 Å². The minimum atomic E-state index is 0.129. The molecule has 0 aliphatic carbocycles. The first-order chi connectivity index (χ1) is 12.0. The van der Waals surface area contributed by atoms with Gasteiger partial charge in [-0.2, -0.15) is 5.10 Å². The number of aromatic hydroxyl groups is 1. The first-order valence-corrected chi connectivity index (χ1v) is 9.87. The van der Waals surface area contributed by atoms with Crippen LogP contribution in [0.25, 0.3) is 10.2 Å². The van der Waals surface area contributed by atoms with Crippen molar-refractivity contribution in [2.45, 2.75) is 6.92 Å². The van der Waals surface area contributed by atoms with Crippen LogP contribution in [-0.4, -0.2) is 22.5 Å². The summed E-state index contributed by atoms with van der Waals surface area (Å²) in [6.45, 7) is 2.60. The summed E-state index contributed by atoms with van der Waals surface area (Å²) >= 11 is 8.22. The third-order valence-electron chi connectivity index (χ3n) is 3.49. The summed E-state index contributed by atoms with van der Waals surface area (Å²) in [5.74, 6) is 0.972. The molecule has 0 bridgehead atoms. The molecule has 1 aromatic heterocycles. The van der Waals surface area contributed by atoms with Gasteiger partial charge < -0.3 is 14.4 Å². The van der Waals surface area contributed by atoms with Crippen LogP contribution in [0.4, 0.5) is 0 Å². The smallest absolute Gasteiger partial charge is 0.211 e. The van der Waals surface area contributed by atoms with Gasteiger partial charge in [-0.15, -0.1) is 5.10 Å². The predicted octanol–water partition coefficient (Wildman–Crippen LogP) is 4.80. The van der Waals surface area contributed by atoms with Crippen LogP contribution in [0.5, 0.6) is 11.5 Å². The highest BCUT2D eigenvalue weighted by molar-refractivity contribution is 9.11. The lowest BCUT2D eigenvalue weighted by atomic mass is 10.2. The van der Waals surface area contributed by atoms with Crippen LogP contribution < -0.4 is 9.54 Å². The number of rotatable bonds is 4. The molecule has 8 heteroatoms. The molecule has 2 aromatic carbocycles. The van der Waals surface area contributed by atoms with E-state index in [-0.39, 0.29) is 5.75 Å². The second kappa shape index (κ2) is 7.72. The molecule has 1 N–H and O–H groups in total. The summed E-state index contributed by atoms with van der Waals surface area (Å²) in [6.07, 6.45) is 1.53. The maximum absolute atomic E-state index is 10.1. The molecule has 0 fully saturated rings. The Morgan fingerprint density at radius 3 is 2.84 bits per heavy atom. The molecule has 0 aliphatic rings. The zero-order valence-corrected chi connectivity index (χ0v) is 17.5. The molecule has 0 saturated heterocycles. The van der Waals surface area contributed by atoms with E-state index in [9.17, 15) is 5.11 Å². The van der Waals surface area contributed by atoms with Crippen molar-refractivity contribution in [2.24, 2.45) is 17.3 Å². The van der Waals surface area contributed by atoms with Crippen molar-refractivity contribution < 1.29 is 9.84 Å². The molecular weight excluding hydrogens is 470 g/mol. The van der Waals surface area contributed by atoms with E-state index < -0.39 is 0 Å². The number of halogens is 2. The van der Waals surface area contributed by atoms with E-state index in [0.29, 0.717) is 16.6 Å². The number of phenolic OH excluding ortho intramolecular Hbond substituents is 1. The third kappa shape index (κ3) is 3.96. The number of phenols is 1. The van der Waals surface area contributed by atoms with Crippen LogP contribution >= 0.6 is 43.2 Å². The fourth-order valence-electron chi connectivity index (χ4n) is 2.29. The number of aromatic nitrogens is 1. The highest BCUT2D eigenvalue weighted by Crippen LogP contribution is 2.30. The summed E-state index contributed by atoms with van der Waals surface area (Å²) in [6, 6.07) is 9.51. The van der Waals surface area contributed by atoms with Gasteiger partial charge in [0.1, 0.15) is 11.5 Å². The number of aryl methyl sites for hydroxylation is 1. The van der Waals surface area contributed by atoms with Gasteiger partial charge in [-0.05, 0) is 53.2 Å². The van der Waals surface area contributed by atoms with E-state index >= 15 is 0 Å². The number of hydrogen-bond acceptors (Lipinski definition) is 5. The van der Waals surface area contributed by atoms with Crippen molar-refractivity contribution in [3.05, 3.63) is 49.6 Å². The van der Waals surface area contributed by atoms with Crippen LogP contribution in [0.15, 0.2) is 49.5 Å². The van der Waals surface area contributed by atoms with Crippen LogP contribution in [-0.2, 0) is 7.05 Å². The Morgan fingerprint density at radius 1 is 1.28 bits per heavy atom. The number of hydrogen-bond donors (Lipinski definition) is 1.